The molecule has 3 N–H and O–H groups in total. The van der Waals surface area contributed by atoms with Crippen molar-refractivity contribution in [2.24, 2.45) is 11.8 Å². The summed E-state index contributed by atoms with van der Waals surface area (Å²) in [6.45, 7) is 6.05. The van der Waals surface area contributed by atoms with Gasteiger partial charge in [0.1, 0.15) is 6.61 Å². The van der Waals surface area contributed by atoms with Crippen molar-refractivity contribution in [2.75, 3.05) is 13.2 Å². The molecule has 1 aliphatic rings. The molecule has 2 atom stereocenters. The lowest BCUT2D eigenvalue weighted by Gasteiger charge is -2.24. The number of rotatable bonds is 11. The molecular formula is C27H34N2O5. The number of nitrogens with one attached hydrogen (secondary N) is 2. The van der Waals surface area contributed by atoms with Gasteiger partial charge in [0.05, 0.1) is 12.3 Å². The number of aliphatic carboxylic acids is 1. The Balaban J connectivity index is 1.57. The molecule has 34 heavy (non-hydrogen) atoms. The molecule has 2 aromatic carbocycles. The molecule has 2 unspecified atom stereocenters. The molecule has 0 aromatic heterocycles. The molecule has 2 aromatic rings. The lowest BCUT2D eigenvalue weighted by Crippen LogP contribution is -2.46. The van der Waals surface area contributed by atoms with Crippen molar-refractivity contribution in [1.29, 1.82) is 0 Å². The van der Waals surface area contributed by atoms with Crippen LogP contribution in [0.5, 0.6) is 0 Å². The Hall–Kier alpha value is -3.35. The molecule has 0 aliphatic heterocycles. The number of carbonyl (C=O) groups excluding carboxylic acids is 2. The molecule has 0 saturated carbocycles. The van der Waals surface area contributed by atoms with Crippen LogP contribution in [-0.4, -0.2) is 42.3 Å². The molecule has 0 bridgehead atoms. The van der Waals surface area contributed by atoms with Crippen LogP contribution in [0.3, 0.4) is 0 Å². The largest absolute Gasteiger partial charge is 0.481 e. The number of hydrogen-bond acceptors (Lipinski definition) is 4. The zero-order chi connectivity index (χ0) is 24.7. The summed E-state index contributed by atoms with van der Waals surface area (Å²) in [5, 5.41) is 14.7. The van der Waals surface area contributed by atoms with E-state index in [0.717, 1.165) is 28.7 Å². The Bertz CT molecular complexity index is 974. The molecule has 7 nitrogen and oxygen atoms in total. The first-order chi connectivity index (χ1) is 16.3. The highest BCUT2D eigenvalue weighted by molar-refractivity contribution is 5.81. The minimum atomic E-state index is -0.956. The van der Waals surface area contributed by atoms with Gasteiger partial charge in [0, 0.05) is 18.5 Å². The van der Waals surface area contributed by atoms with E-state index in [1.807, 2.05) is 45.0 Å². The predicted molar refractivity (Wildman–Crippen MR) is 130 cm³/mol. The fourth-order valence-electron chi connectivity index (χ4n) is 4.47. The number of fused-ring (bicyclic) bond motifs is 3. The maximum atomic E-state index is 12.8. The van der Waals surface area contributed by atoms with E-state index in [9.17, 15) is 14.4 Å². The van der Waals surface area contributed by atoms with Gasteiger partial charge in [-0.3, -0.25) is 9.59 Å². The maximum Gasteiger partial charge on any atom is 0.407 e. The summed E-state index contributed by atoms with van der Waals surface area (Å²) in [4.78, 5) is 36.4. The second kappa shape index (κ2) is 11.7. The lowest BCUT2D eigenvalue weighted by molar-refractivity contribution is -0.138. The number of ether oxygens (including phenoxy) is 1. The van der Waals surface area contributed by atoms with Crippen LogP contribution in [-0.2, 0) is 14.3 Å². The van der Waals surface area contributed by atoms with Crippen molar-refractivity contribution < 1.29 is 24.2 Å². The SMILES string of the molecule is CCCC(CNC(=O)OCC1c2ccccc2-c2ccccc21)C(=O)NC(CC(=O)O)C(C)C. The summed E-state index contributed by atoms with van der Waals surface area (Å²) in [5.41, 5.74) is 4.59. The first-order valence-electron chi connectivity index (χ1n) is 11.9. The van der Waals surface area contributed by atoms with Crippen molar-refractivity contribution in [3.8, 4) is 11.1 Å². The molecule has 0 saturated heterocycles. The number of amides is 2. The van der Waals surface area contributed by atoms with Gasteiger partial charge in [-0.15, -0.1) is 0 Å². The van der Waals surface area contributed by atoms with Crippen molar-refractivity contribution in [3.05, 3.63) is 59.7 Å². The molecule has 7 heteroatoms. The summed E-state index contributed by atoms with van der Waals surface area (Å²) in [7, 11) is 0. The summed E-state index contributed by atoms with van der Waals surface area (Å²) in [5.74, 6) is -1.71. The molecular weight excluding hydrogens is 432 g/mol. The normalized spacial score (nSPS) is 14.1. The Kier molecular flexibility index (Phi) is 8.68. The van der Waals surface area contributed by atoms with Gasteiger partial charge >= 0.3 is 12.1 Å². The van der Waals surface area contributed by atoms with E-state index in [1.165, 1.54) is 0 Å². The predicted octanol–water partition coefficient (Wildman–Crippen LogP) is 4.56. The van der Waals surface area contributed by atoms with E-state index in [0.29, 0.717) is 6.42 Å². The highest BCUT2D eigenvalue weighted by Gasteiger charge is 2.29. The van der Waals surface area contributed by atoms with E-state index in [-0.39, 0.29) is 37.3 Å². The number of hydrogen-bond donors (Lipinski definition) is 3. The summed E-state index contributed by atoms with van der Waals surface area (Å²) in [6.07, 6.45) is 0.632. The zero-order valence-corrected chi connectivity index (χ0v) is 20.0. The fourth-order valence-corrected chi connectivity index (χ4v) is 4.47. The Labute approximate surface area is 200 Å². The van der Waals surface area contributed by atoms with Crippen LogP contribution in [0.2, 0.25) is 0 Å². The highest BCUT2D eigenvalue weighted by Crippen LogP contribution is 2.44. The lowest BCUT2D eigenvalue weighted by atomic mass is 9.97. The smallest absolute Gasteiger partial charge is 0.407 e. The summed E-state index contributed by atoms with van der Waals surface area (Å²) >= 11 is 0. The van der Waals surface area contributed by atoms with Gasteiger partial charge in [0.15, 0.2) is 0 Å². The van der Waals surface area contributed by atoms with Crippen LogP contribution in [0.15, 0.2) is 48.5 Å². The minimum absolute atomic E-state index is 0.0163. The van der Waals surface area contributed by atoms with Gasteiger partial charge in [-0.05, 0) is 34.6 Å². The number of alkyl carbamates (subject to hydrolysis) is 1. The summed E-state index contributed by atoms with van der Waals surface area (Å²) in [6, 6.07) is 15.8. The van der Waals surface area contributed by atoms with Gasteiger partial charge in [-0.2, -0.15) is 0 Å². The molecule has 0 fully saturated rings. The third-order valence-corrected chi connectivity index (χ3v) is 6.37. The average molecular weight is 467 g/mol. The minimum Gasteiger partial charge on any atom is -0.481 e. The van der Waals surface area contributed by atoms with Crippen molar-refractivity contribution in [3.63, 3.8) is 0 Å². The quantitative estimate of drug-likeness (QED) is 0.450. The number of carbonyl (C=O) groups is 3. The van der Waals surface area contributed by atoms with Crippen LogP contribution in [0.4, 0.5) is 4.79 Å². The number of benzene rings is 2. The fraction of sp³-hybridized carbons (Fsp3) is 0.444. The second-order valence-electron chi connectivity index (χ2n) is 9.15. The zero-order valence-electron chi connectivity index (χ0n) is 20.0. The molecule has 3 rings (SSSR count). The van der Waals surface area contributed by atoms with Gasteiger partial charge < -0.3 is 20.5 Å². The molecule has 0 spiro atoms. The monoisotopic (exact) mass is 466 g/mol. The topological polar surface area (TPSA) is 105 Å². The van der Waals surface area contributed by atoms with Crippen molar-refractivity contribution in [1.82, 2.24) is 10.6 Å². The van der Waals surface area contributed by atoms with Gasteiger partial charge in [0.2, 0.25) is 5.91 Å². The first-order valence-corrected chi connectivity index (χ1v) is 11.9. The van der Waals surface area contributed by atoms with Gasteiger partial charge in [-0.1, -0.05) is 75.7 Å². The van der Waals surface area contributed by atoms with E-state index in [4.69, 9.17) is 9.84 Å². The molecule has 1 aliphatic carbocycles. The molecule has 182 valence electrons. The third-order valence-electron chi connectivity index (χ3n) is 6.37. The van der Waals surface area contributed by atoms with Gasteiger partial charge in [-0.25, -0.2) is 4.79 Å². The Morgan fingerprint density at radius 1 is 1.00 bits per heavy atom. The Morgan fingerprint density at radius 2 is 1.59 bits per heavy atom. The van der Waals surface area contributed by atoms with Gasteiger partial charge in [0.25, 0.3) is 0 Å². The van der Waals surface area contributed by atoms with Crippen LogP contribution >= 0.6 is 0 Å². The average Bonchev–Trinajstić information content (AvgIpc) is 3.13. The van der Waals surface area contributed by atoms with E-state index in [2.05, 4.69) is 34.9 Å². The first kappa shape index (κ1) is 25.3. The van der Waals surface area contributed by atoms with E-state index < -0.39 is 24.0 Å². The van der Waals surface area contributed by atoms with Crippen LogP contribution in [0.25, 0.3) is 11.1 Å². The van der Waals surface area contributed by atoms with Crippen LogP contribution in [0.1, 0.15) is 57.1 Å². The van der Waals surface area contributed by atoms with E-state index >= 15 is 0 Å². The van der Waals surface area contributed by atoms with Crippen LogP contribution < -0.4 is 10.6 Å². The number of carboxylic acids is 1. The van der Waals surface area contributed by atoms with Crippen LogP contribution in [0, 0.1) is 11.8 Å². The molecule has 2 amide bonds. The van der Waals surface area contributed by atoms with Crippen molar-refractivity contribution >= 4 is 18.0 Å². The highest BCUT2D eigenvalue weighted by atomic mass is 16.5. The second-order valence-corrected chi connectivity index (χ2v) is 9.15. The Morgan fingerprint density at radius 3 is 2.12 bits per heavy atom. The third kappa shape index (κ3) is 6.16. The molecule has 0 radical (unpaired) electrons. The molecule has 0 heterocycles. The summed E-state index contributed by atoms with van der Waals surface area (Å²) < 4.78 is 5.56. The standard InChI is InChI=1S/C27H34N2O5/c1-4-9-18(26(32)29-24(17(2)3)14-25(30)31)15-28-27(33)34-16-23-21-12-7-5-10-19(21)20-11-6-8-13-22(20)23/h5-8,10-13,17-18,23-24H,4,9,14-16H2,1-3H3,(H,28,33)(H,29,32)(H,30,31). The maximum absolute atomic E-state index is 12.8. The van der Waals surface area contributed by atoms with Crippen molar-refractivity contribution in [2.45, 2.75) is 52.0 Å². The number of carboxylic acid groups (broad SMARTS) is 1. The van der Waals surface area contributed by atoms with E-state index in [1.54, 1.807) is 0 Å².